The summed E-state index contributed by atoms with van der Waals surface area (Å²) in [6.07, 6.45) is 20.2. The van der Waals surface area contributed by atoms with Gasteiger partial charge >= 0.3 is 0 Å². The molecule has 0 nitrogen and oxygen atoms in total. The van der Waals surface area contributed by atoms with Gasteiger partial charge in [-0.05, 0) is 18.3 Å². The largest absolute Gasteiger partial charge is 0.0654 e. The van der Waals surface area contributed by atoms with Gasteiger partial charge in [0, 0.05) is 0 Å². The van der Waals surface area contributed by atoms with Crippen LogP contribution in [0.3, 0.4) is 0 Å². The van der Waals surface area contributed by atoms with Crippen LogP contribution in [-0.4, -0.2) is 0 Å². The van der Waals surface area contributed by atoms with Crippen LogP contribution in [0.4, 0.5) is 0 Å². The number of hydrogen-bond acceptors (Lipinski definition) is 0. The van der Waals surface area contributed by atoms with Crippen LogP contribution in [0.2, 0.25) is 0 Å². The fraction of sp³-hybridized carbons (Fsp3) is 1.00. The lowest BCUT2D eigenvalue weighted by Gasteiger charge is -2.20. The fourth-order valence-corrected chi connectivity index (χ4v) is 3.43. The zero-order valence-electron chi connectivity index (χ0n) is 15.1. The maximum absolute atomic E-state index is 2.49. The number of hydrogen-bond donors (Lipinski definition) is 0. The summed E-state index contributed by atoms with van der Waals surface area (Å²) < 4.78 is 0. The van der Waals surface area contributed by atoms with Gasteiger partial charge in [0.25, 0.3) is 0 Å². The summed E-state index contributed by atoms with van der Waals surface area (Å²) in [4.78, 5) is 0. The Morgan fingerprint density at radius 3 is 1.70 bits per heavy atom. The van der Waals surface area contributed by atoms with Crippen molar-refractivity contribution in [1.82, 2.24) is 0 Å². The first-order valence-corrected chi connectivity index (χ1v) is 9.74. The normalized spacial score (nSPS) is 14.4. The molecule has 0 heterocycles. The van der Waals surface area contributed by atoms with E-state index in [2.05, 4.69) is 27.7 Å². The molecule has 0 saturated carbocycles. The van der Waals surface area contributed by atoms with Crippen molar-refractivity contribution in [3.63, 3.8) is 0 Å². The molecule has 0 aliphatic rings. The van der Waals surface area contributed by atoms with Crippen LogP contribution in [0.5, 0.6) is 0 Å². The van der Waals surface area contributed by atoms with Crippen LogP contribution < -0.4 is 0 Å². The van der Waals surface area contributed by atoms with Crippen LogP contribution in [-0.2, 0) is 0 Å². The van der Waals surface area contributed by atoms with Gasteiger partial charge in [-0.3, -0.25) is 0 Å². The van der Waals surface area contributed by atoms with E-state index in [1.54, 1.807) is 0 Å². The fourth-order valence-electron chi connectivity index (χ4n) is 3.43. The Morgan fingerprint density at radius 2 is 1.10 bits per heavy atom. The van der Waals surface area contributed by atoms with Crippen molar-refractivity contribution in [1.29, 1.82) is 0 Å². The Hall–Kier alpha value is 0. The van der Waals surface area contributed by atoms with E-state index in [9.17, 15) is 0 Å². The molecule has 0 amide bonds. The molecule has 0 N–H and O–H groups in total. The first-order valence-electron chi connectivity index (χ1n) is 9.74. The summed E-state index contributed by atoms with van der Waals surface area (Å²) in [6.45, 7) is 9.46. The van der Waals surface area contributed by atoms with Crippen molar-refractivity contribution < 1.29 is 0 Å². The van der Waals surface area contributed by atoms with Gasteiger partial charge in [0.15, 0.2) is 0 Å². The molecule has 0 aliphatic carbocycles. The minimum atomic E-state index is 0.958. The molecule has 0 aromatic rings. The second kappa shape index (κ2) is 15.4. The molecular formula is C20H42. The van der Waals surface area contributed by atoms with Crippen LogP contribution in [0.15, 0.2) is 0 Å². The number of unbranched alkanes of at least 4 members (excludes halogenated alkanes) is 7. The molecule has 0 aliphatic heterocycles. The first kappa shape index (κ1) is 20.0. The summed E-state index contributed by atoms with van der Waals surface area (Å²) in [7, 11) is 0. The monoisotopic (exact) mass is 282 g/mol. The average Bonchev–Trinajstić information content (AvgIpc) is 2.43. The molecule has 0 rings (SSSR count). The molecule has 20 heavy (non-hydrogen) atoms. The Bertz CT molecular complexity index is 173. The zero-order valence-corrected chi connectivity index (χ0v) is 15.1. The van der Waals surface area contributed by atoms with Crippen molar-refractivity contribution in [2.24, 2.45) is 11.8 Å². The highest BCUT2D eigenvalue weighted by Crippen LogP contribution is 2.26. The highest BCUT2D eigenvalue weighted by molar-refractivity contribution is 4.64. The van der Waals surface area contributed by atoms with Gasteiger partial charge in [0.2, 0.25) is 0 Å². The molecule has 0 bridgehead atoms. The van der Waals surface area contributed by atoms with E-state index in [1.807, 2.05) is 0 Å². The maximum atomic E-state index is 2.49. The summed E-state index contributed by atoms with van der Waals surface area (Å²) in [5.41, 5.74) is 0. The maximum Gasteiger partial charge on any atom is -0.0412 e. The summed E-state index contributed by atoms with van der Waals surface area (Å²) in [6, 6.07) is 0. The molecule has 0 heteroatoms. The standard InChI is InChI=1S/C20H42/c1-5-8-10-12-13-16-19(4)18-20(15-7-3)17-14-11-9-6-2/h19-20H,5-18H2,1-4H3. The zero-order chi connectivity index (χ0) is 15.1. The first-order chi connectivity index (χ1) is 9.74. The van der Waals surface area contributed by atoms with Gasteiger partial charge in [-0.2, -0.15) is 0 Å². The second-order valence-electron chi connectivity index (χ2n) is 7.05. The summed E-state index contributed by atoms with van der Waals surface area (Å²) >= 11 is 0. The molecular weight excluding hydrogens is 240 g/mol. The topological polar surface area (TPSA) is 0 Å². The van der Waals surface area contributed by atoms with E-state index >= 15 is 0 Å². The minimum Gasteiger partial charge on any atom is -0.0654 e. The Kier molecular flexibility index (Phi) is 15.4. The lowest BCUT2D eigenvalue weighted by atomic mass is 9.85. The van der Waals surface area contributed by atoms with Crippen LogP contribution in [0.25, 0.3) is 0 Å². The van der Waals surface area contributed by atoms with Crippen molar-refractivity contribution in [2.75, 3.05) is 0 Å². The molecule has 0 fully saturated rings. The SMILES string of the molecule is CCCCCCCC(C)CC(CCC)CCCCCC. The van der Waals surface area contributed by atoms with Gasteiger partial charge in [-0.15, -0.1) is 0 Å². The Morgan fingerprint density at radius 1 is 0.550 bits per heavy atom. The van der Waals surface area contributed by atoms with Gasteiger partial charge in [0.1, 0.15) is 0 Å². The van der Waals surface area contributed by atoms with E-state index in [1.165, 1.54) is 89.9 Å². The molecule has 0 radical (unpaired) electrons. The molecule has 0 aromatic heterocycles. The van der Waals surface area contributed by atoms with Crippen LogP contribution >= 0.6 is 0 Å². The Labute approximate surface area is 130 Å². The van der Waals surface area contributed by atoms with Crippen molar-refractivity contribution in [2.45, 2.75) is 118 Å². The quantitative estimate of drug-likeness (QED) is 0.269. The minimum absolute atomic E-state index is 0.958. The summed E-state index contributed by atoms with van der Waals surface area (Å²) in [5.74, 6) is 1.97. The molecule has 122 valence electrons. The van der Waals surface area contributed by atoms with Crippen molar-refractivity contribution in [3.05, 3.63) is 0 Å². The third-order valence-corrected chi connectivity index (χ3v) is 4.70. The van der Waals surface area contributed by atoms with E-state index in [0.29, 0.717) is 0 Å². The van der Waals surface area contributed by atoms with E-state index in [4.69, 9.17) is 0 Å². The highest BCUT2D eigenvalue weighted by Gasteiger charge is 2.12. The predicted octanol–water partition coefficient (Wildman–Crippen LogP) is 7.76. The predicted molar refractivity (Wildman–Crippen MR) is 94.3 cm³/mol. The summed E-state index contributed by atoms with van der Waals surface area (Å²) in [5, 5.41) is 0. The molecule has 2 unspecified atom stereocenters. The van der Waals surface area contributed by atoms with Crippen molar-refractivity contribution >= 4 is 0 Å². The Balaban J connectivity index is 3.68. The van der Waals surface area contributed by atoms with E-state index < -0.39 is 0 Å². The van der Waals surface area contributed by atoms with Crippen LogP contribution in [0, 0.1) is 11.8 Å². The highest BCUT2D eigenvalue weighted by atomic mass is 14.2. The average molecular weight is 283 g/mol. The smallest absolute Gasteiger partial charge is 0.0412 e. The molecule has 0 spiro atoms. The van der Waals surface area contributed by atoms with Crippen LogP contribution in [0.1, 0.15) is 118 Å². The third kappa shape index (κ3) is 13.0. The van der Waals surface area contributed by atoms with Gasteiger partial charge in [-0.25, -0.2) is 0 Å². The van der Waals surface area contributed by atoms with Gasteiger partial charge in [0.05, 0.1) is 0 Å². The molecule has 0 aromatic carbocycles. The molecule has 0 saturated heterocycles. The lowest BCUT2D eigenvalue weighted by Crippen LogP contribution is -2.07. The van der Waals surface area contributed by atoms with Crippen molar-refractivity contribution in [3.8, 4) is 0 Å². The van der Waals surface area contributed by atoms with Gasteiger partial charge < -0.3 is 0 Å². The second-order valence-corrected chi connectivity index (χ2v) is 7.05. The molecule has 2 atom stereocenters. The lowest BCUT2D eigenvalue weighted by molar-refractivity contribution is 0.320. The van der Waals surface area contributed by atoms with Gasteiger partial charge in [-0.1, -0.05) is 111 Å². The van der Waals surface area contributed by atoms with E-state index in [0.717, 1.165) is 11.8 Å². The number of rotatable bonds is 15. The third-order valence-electron chi connectivity index (χ3n) is 4.70. The van der Waals surface area contributed by atoms with E-state index in [-0.39, 0.29) is 0 Å².